The molecule has 3 aromatic rings. The van der Waals surface area contributed by atoms with Crippen molar-refractivity contribution in [1.29, 1.82) is 0 Å². The Bertz CT molecular complexity index is 1070. The molecule has 2 amide bonds. The van der Waals surface area contributed by atoms with Crippen molar-refractivity contribution in [2.24, 2.45) is 0 Å². The van der Waals surface area contributed by atoms with E-state index in [1.165, 1.54) is 4.90 Å². The molecule has 1 N–H and O–H groups in total. The Morgan fingerprint density at radius 1 is 0.903 bits per heavy atom. The van der Waals surface area contributed by atoms with E-state index in [0.29, 0.717) is 13.0 Å². The zero-order valence-electron chi connectivity index (χ0n) is 17.8. The van der Waals surface area contributed by atoms with Crippen molar-refractivity contribution in [2.75, 3.05) is 5.32 Å². The minimum Gasteiger partial charge on any atom is -0.445 e. The van der Waals surface area contributed by atoms with Gasteiger partial charge in [0, 0.05) is 12.1 Å². The van der Waals surface area contributed by atoms with E-state index in [2.05, 4.69) is 5.32 Å². The van der Waals surface area contributed by atoms with Gasteiger partial charge in [0.1, 0.15) is 12.6 Å². The highest BCUT2D eigenvalue weighted by atomic mass is 16.6. The molecule has 1 aliphatic heterocycles. The summed E-state index contributed by atoms with van der Waals surface area (Å²) < 4.78 is 5.57. The predicted octanol–water partition coefficient (Wildman–Crippen LogP) is 5.01. The summed E-state index contributed by atoms with van der Waals surface area (Å²) in [5, 5.41) is 3.05. The Morgan fingerprint density at radius 2 is 1.55 bits per heavy atom. The number of rotatable bonds is 4. The van der Waals surface area contributed by atoms with Crippen LogP contribution in [0.25, 0.3) is 0 Å². The van der Waals surface area contributed by atoms with Gasteiger partial charge in [-0.05, 0) is 41.7 Å². The summed E-state index contributed by atoms with van der Waals surface area (Å²) in [5.41, 5.74) is 5.80. The van der Waals surface area contributed by atoms with Gasteiger partial charge in [-0.1, -0.05) is 72.8 Å². The van der Waals surface area contributed by atoms with Crippen molar-refractivity contribution >= 4 is 17.7 Å². The van der Waals surface area contributed by atoms with Crippen LogP contribution in [0.1, 0.15) is 27.8 Å². The van der Waals surface area contributed by atoms with Crippen molar-refractivity contribution in [3.8, 4) is 0 Å². The number of amides is 2. The van der Waals surface area contributed by atoms with Crippen LogP contribution in [-0.2, 0) is 29.1 Å². The number of nitrogens with zero attached hydrogens (tertiary/aromatic N) is 1. The molecule has 5 nitrogen and oxygen atoms in total. The summed E-state index contributed by atoms with van der Waals surface area (Å²) in [6.07, 6.45) is -0.0343. The number of nitrogens with one attached hydrogen (secondary N) is 1. The van der Waals surface area contributed by atoms with Crippen molar-refractivity contribution in [1.82, 2.24) is 4.90 Å². The number of benzene rings is 3. The normalized spacial score (nSPS) is 15.2. The van der Waals surface area contributed by atoms with E-state index in [9.17, 15) is 9.59 Å². The zero-order chi connectivity index (χ0) is 21.8. The highest BCUT2D eigenvalue weighted by Crippen LogP contribution is 2.27. The molecule has 0 radical (unpaired) electrons. The number of aryl methyl sites for hydroxylation is 2. The summed E-state index contributed by atoms with van der Waals surface area (Å²) >= 11 is 0. The van der Waals surface area contributed by atoms with Gasteiger partial charge in [0.25, 0.3) is 0 Å². The third kappa shape index (κ3) is 4.61. The molecule has 1 aliphatic rings. The van der Waals surface area contributed by atoms with Crippen molar-refractivity contribution in [2.45, 2.75) is 39.5 Å². The highest BCUT2D eigenvalue weighted by Gasteiger charge is 2.35. The largest absolute Gasteiger partial charge is 0.445 e. The third-order valence-electron chi connectivity index (χ3n) is 5.72. The number of para-hydroxylation sites is 1. The number of fused-ring (bicyclic) bond motifs is 1. The molecule has 31 heavy (non-hydrogen) atoms. The number of hydrogen-bond acceptors (Lipinski definition) is 3. The molecular formula is C26H26N2O3. The Morgan fingerprint density at radius 3 is 2.26 bits per heavy atom. The van der Waals surface area contributed by atoms with Crippen LogP contribution >= 0.6 is 0 Å². The number of carbonyl (C=O) groups is 2. The molecule has 1 atom stereocenters. The first-order chi connectivity index (χ1) is 15.0. The number of anilines is 1. The average molecular weight is 415 g/mol. The van der Waals surface area contributed by atoms with Crippen LogP contribution in [0, 0.1) is 13.8 Å². The lowest BCUT2D eigenvalue weighted by Crippen LogP contribution is -2.50. The summed E-state index contributed by atoms with van der Waals surface area (Å²) in [4.78, 5) is 27.9. The molecule has 0 saturated heterocycles. The lowest BCUT2D eigenvalue weighted by atomic mass is 9.93. The van der Waals surface area contributed by atoms with Crippen LogP contribution in [-0.4, -0.2) is 22.9 Å². The summed E-state index contributed by atoms with van der Waals surface area (Å²) in [7, 11) is 0. The molecule has 5 heteroatoms. The molecule has 4 rings (SSSR count). The van der Waals surface area contributed by atoms with Crippen LogP contribution in [0.2, 0.25) is 0 Å². The van der Waals surface area contributed by atoms with Crippen molar-refractivity contribution in [3.05, 3.63) is 101 Å². The molecule has 1 heterocycles. The van der Waals surface area contributed by atoms with Gasteiger partial charge in [-0.2, -0.15) is 0 Å². The Balaban J connectivity index is 1.56. The Hall–Kier alpha value is -3.60. The smallest absolute Gasteiger partial charge is 0.411 e. The first-order valence-electron chi connectivity index (χ1n) is 10.4. The second kappa shape index (κ2) is 9.04. The monoisotopic (exact) mass is 414 g/mol. The molecule has 158 valence electrons. The Kier molecular flexibility index (Phi) is 6.03. The van der Waals surface area contributed by atoms with Gasteiger partial charge in [0.2, 0.25) is 5.91 Å². The lowest BCUT2D eigenvalue weighted by molar-refractivity contribution is -0.121. The van der Waals surface area contributed by atoms with Crippen LogP contribution < -0.4 is 5.32 Å². The van der Waals surface area contributed by atoms with Crippen LogP contribution in [0.4, 0.5) is 10.5 Å². The summed E-state index contributed by atoms with van der Waals surface area (Å²) in [5.74, 6) is -0.205. The van der Waals surface area contributed by atoms with Gasteiger partial charge < -0.3 is 10.1 Å². The number of carbonyl (C=O) groups excluding carboxylic acids is 2. The first kappa shape index (κ1) is 20.7. The SMILES string of the molecule is Cc1cccc(C)c1NC(=O)[C@H]1Cc2ccccc2CN1C(=O)OCc1ccccc1. The maximum Gasteiger partial charge on any atom is 0.411 e. The van der Waals surface area contributed by atoms with E-state index < -0.39 is 12.1 Å². The minimum absolute atomic E-state index is 0.170. The quantitative estimate of drug-likeness (QED) is 0.653. The molecule has 0 spiro atoms. The van der Waals surface area contributed by atoms with E-state index in [4.69, 9.17) is 4.74 Å². The number of hydrogen-bond donors (Lipinski definition) is 1. The number of ether oxygens (including phenoxy) is 1. The molecule has 0 aliphatic carbocycles. The van der Waals surface area contributed by atoms with Gasteiger partial charge in [0.05, 0.1) is 6.54 Å². The fourth-order valence-corrected chi connectivity index (χ4v) is 3.97. The van der Waals surface area contributed by atoms with Gasteiger partial charge in [-0.3, -0.25) is 9.69 Å². The molecule has 0 aromatic heterocycles. The topological polar surface area (TPSA) is 58.6 Å². The Labute approximate surface area is 182 Å². The highest BCUT2D eigenvalue weighted by molar-refractivity contribution is 5.98. The molecule has 0 saturated carbocycles. The van der Waals surface area contributed by atoms with Gasteiger partial charge in [0.15, 0.2) is 0 Å². The van der Waals surface area contributed by atoms with Crippen LogP contribution in [0.15, 0.2) is 72.8 Å². The van der Waals surface area contributed by atoms with Crippen molar-refractivity contribution in [3.63, 3.8) is 0 Å². The van der Waals surface area contributed by atoms with E-state index >= 15 is 0 Å². The maximum absolute atomic E-state index is 13.3. The fraction of sp³-hybridized carbons (Fsp3) is 0.231. The first-order valence-corrected chi connectivity index (χ1v) is 10.4. The van der Waals surface area contributed by atoms with Crippen molar-refractivity contribution < 1.29 is 14.3 Å². The van der Waals surface area contributed by atoms with Gasteiger partial charge in [-0.25, -0.2) is 4.79 Å². The standard InChI is InChI=1S/C26H26N2O3/c1-18-9-8-10-19(2)24(18)27-25(29)23-15-21-13-6-7-14-22(21)16-28(23)26(30)31-17-20-11-4-3-5-12-20/h3-14,23H,15-17H2,1-2H3,(H,27,29)/t23-/m1/s1. The fourth-order valence-electron chi connectivity index (χ4n) is 3.97. The molecule has 0 bridgehead atoms. The second-order valence-corrected chi connectivity index (χ2v) is 7.91. The summed E-state index contributed by atoms with van der Waals surface area (Å²) in [6.45, 7) is 4.44. The predicted molar refractivity (Wildman–Crippen MR) is 121 cm³/mol. The van der Waals surface area contributed by atoms with Gasteiger partial charge in [-0.15, -0.1) is 0 Å². The molecule has 0 fully saturated rings. The summed E-state index contributed by atoms with van der Waals surface area (Å²) in [6, 6.07) is 22.7. The van der Waals surface area contributed by atoms with E-state index in [0.717, 1.165) is 33.5 Å². The van der Waals surface area contributed by atoms with Gasteiger partial charge >= 0.3 is 6.09 Å². The van der Waals surface area contributed by atoms with E-state index in [1.54, 1.807) is 0 Å². The molecule has 3 aromatic carbocycles. The third-order valence-corrected chi connectivity index (χ3v) is 5.72. The van der Waals surface area contributed by atoms with E-state index in [1.807, 2.05) is 86.6 Å². The zero-order valence-corrected chi connectivity index (χ0v) is 17.8. The molecular weight excluding hydrogens is 388 g/mol. The van der Waals surface area contributed by atoms with Crippen LogP contribution in [0.3, 0.4) is 0 Å². The maximum atomic E-state index is 13.3. The molecule has 0 unspecified atom stereocenters. The van der Waals surface area contributed by atoms with E-state index in [-0.39, 0.29) is 12.5 Å². The average Bonchev–Trinajstić information content (AvgIpc) is 2.79. The minimum atomic E-state index is -0.642. The lowest BCUT2D eigenvalue weighted by Gasteiger charge is -2.35. The van der Waals surface area contributed by atoms with Crippen LogP contribution in [0.5, 0.6) is 0 Å². The second-order valence-electron chi connectivity index (χ2n) is 7.91.